The van der Waals surface area contributed by atoms with Crippen molar-refractivity contribution >= 4 is 16.1 Å². The lowest BCUT2D eigenvalue weighted by molar-refractivity contribution is 0.146. The van der Waals surface area contributed by atoms with E-state index in [-0.39, 0.29) is 22.1 Å². The van der Waals surface area contributed by atoms with Crippen molar-refractivity contribution in [3.63, 3.8) is 0 Å². The lowest BCUT2D eigenvalue weighted by atomic mass is 10.0. The second kappa shape index (κ2) is 7.08. The van der Waals surface area contributed by atoms with E-state index in [9.17, 15) is 18.3 Å². The Balaban J connectivity index is 1.42. The first kappa shape index (κ1) is 22.4. The van der Waals surface area contributed by atoms with Gasteiger partial charge in [0.25, 0.3) is 10.0 Å². The van der Waals surface area contributed by atoms with Gasteiger partial charge in [-0.1, -0.05) is 26.0 Å². The van der Waals surface area contributed by atoms with Crippen molar-refractivity contribution in [3.05, 3.63) is 47.2 Å². The van der Waals surface area contributed by atoms with Crippen LogP contribution in [-0.4, -0.2) is 34.4 Å². The highest BCUT2D eigenvalue weighted by molar-refractivity contribution is 7.89. The summed E-state index contributed by atoms with van der Waals surface area (Å²) >= 11 is 0. The minimum atomic E-state index is -4.18. The zero-order valence-electron chi connectivity index (χ0n) is 19.8. The van der Waals surface area contributed by atoms with Crippen LogP contribution in [0.5, 0.6) is 0 Å². The molecule has 0 saturated heterocycles. The van der Waals surface area contributed by atoms with Gasteiger partial charge in [0.2, 0.25) is 0 Å². The Labute approximate surface area is 195 Å². The predicted molar refractivity (Wildman–Crippen MR) is 123 cm³/mol. The smallest absolute Gasteiger partial charge is 0.421 e. The van der Waals surface area contributed by atoms with Gasteiger partial charge >= 0.3 is 6.09 Å². The second-order valence-electron chi connectivity index (χ2n) is 11.4. The Bertz CT molecular complexity index is 1170. The van der Waals surface area contributed by atoms with Crippen LogP contribution in [0.3, 0.4) is 0 Å². The van der Waals surface area contributed by atoms with Gasteiger partial charge in [-0.15, -0.1) is 0 Å². The molecule has 1 N–H and O–H groups in total. The Morgan fingerprint density at radius 1 is 1.06 bits per heavy atom. The predicted octanol–water partition coefficient (Wildman–Crippen LogP) is 5.80. The van der Waals surface area contributed by atoms with Crippen LogP contribution in [0, 0.1) is 5.41 Å². The standard InChI is InChI=1S/C25H32N2O5S/c1-24(2,3)27(23(28)29)33(30,31)17-12-10-14(11-13-17)18-19(25(18,4)5)22-26-20(15-6-7-15)21(32-22)16-8-9-16/h10-13,15-16,18-19H,6-9H2,1-5H3,(H,28,29)/t18-,19+/m1/s1. The molecule has 2 aromatic rings. The maximum absolute atomic E-state index is 13.0. The number of sulfonamides is 1. The number of benzene rings is 1. The van der Waals surface area contributed by atoms with Gasteiger partial charge < -0.3 is 9.52 Å². The number of nitrogens with zero attached hydrogens (tertiary/aromatic N) is 2. The van der Waals surface area contributed by atoms with Crippen molar-refractivity contribution in [2.75, 3.05) is 0 Å². The zero-order chi connectivity index (χ0) is 23.9. The summed E-state index contributed by atoms with van der Waals surface area (Å²) in [6.07, 6.45) is 3.27. The fraction of sp³-hybridized carbons (Fsp3) is 0.600. The van der Waals surface area contributed by atoms with Crippen LogP contribution < -0.4 is 0 Å². The molecule has 7 nitrogen and oxygen atoms in total. The van der Waals surface area contributed by atoms with Gasteiger partial charge in [0.1, 0.15) is 5.76 Å². The fourth-order valence-electron chi connectivity index (χ4n) is 5.21. The van der Waals surface area contributed by atoms with Crippen LogP contribution in [-0.2, 0) is 10.0 Å². The third-order valence-electron chi connectivity index (χ3n) is 7.26. The second-order valence-corrected chi connectivity index (χ2v) is 13.2. The Hall–Kier alpha value is -2.35. The lowest BCUT2D eigenvalue weighted by Gasteiger charge is -2.31. The highest BCUT2D eigenvalue weighted by atomic mass is 32.2. The van der Waals surface area contributed by atoms with Gasteiger partial charge in [-0.3, -0.25) is 0 Å². The summed E-state index contributed by atoms with van der Waals surface area (Å²) in [4.78, 5) is 16.6. The Morgan fingerprint density at radius 2 is 1.64 bits per heavy atom. The molecule has 3 aliphatic carbocycles. The molecule has 0 radical (unpaired) electrons. The van der Waals surface area contributed by atoms with Crippen LogP contribution in [0.15, 0.2) is 33.6 Å². The first-order valence-electron chi connectivity index (χ1n) is 11.7. The average Bonchev–Trinajstić information content (AvgIpc) is 3.60. The summed E-state index contributed by atoms with van der Waals surface area (Å²) < 4.78 is 32.9. The molecule has 178 valence electrons. The summed E-state index contributed by atoms with van der Waals surface area (Å²) in [6, 6.07) is 6.63. The monoisotopic (exact) mass is 472 g/mol. The van der Waals surface area contributed by atoms with Crippen molar-refractivity contribution in [3.8, 4) is 0 Å². The number of carbonyl (C=O) groups is 1. The van der Waals surface area contributed by atoms with E-state index in [1.807, 2.05) is 0 Å². The van der Waals surface area contributed by atoms with E-state index in [4.69, 9.17) is 9.40 Å². The molecule has 33 heavy (non-hydrogen) atoms. The van der Waals surface area contributed by atoms with Gasteiger partial charge in [0.15, 0.2) is 5.89 Å². The molecule has 3 aliphatic rings. The quantitative estimate of drug-likeness (QED) is 0.570. The topological polar surface area (TPSA) is 101 Å². The van der Waals surface area contributed by atoms with E-state index in [1.54, 1.807) is 32.9 Å². The highest BCUT2D eigenvalue weighted by Gasteiger charge is 2.62. The summed E-state index contributed by atoms with van der Waals surface area (Å²) in [5.74, 6) is 3.33. The summed E-state index contributed by atoms with van der Waals surface area (Å²) in [5, 5.41) is 9.53. The molecule has 0 aliphatic heterocycles. The van der Waals surface area contributed by atoms with Crippen molar-refractivity contribution in [2.24, 2.45) is 5.41 Å². The summed E-state index contributed by atoms with van der Waals surface area (Å²) in [5.41, 5.74) is 1.05. The summed E-state index contributed by atoms with van der Waals surface area (Å²) in [7, 11) is -4.18. The van der Waals surface area contributed by atoms with Gasteiger partial charge in [-0.05, 0) is 69.6 Å². The molecule has 0 unspecified atom stereocenters. The molecule has 1 aromatic carbocycles. The van der Waals surface area contributed by atoms with E-state index in [0.717, 1.165) is 17.2 Å². The molecule has 5 rings (SSSR count). The van der Waals surface area contributed by atoms with Crippen LogP contribution in [0.25, 0.3) is 0 Å². The zero-order valence-corrected chi connectivity index (χ0v) is 20.6. The molecule has 8 heteroatoms. The van der Waals surface area contributed by atoms with Gasteiger partial charge in [-0.2, -0.15) is 4.31 Å². The molecule has 0 spiro atoms. The average molecular weight is 473 g/mol. The lowest BCUT2D eigenvalue weighted by Crippen LogP contribution is -2.48. The SMILES string of the molecule is CC1(C)[C@H](c2ccc(S(=O)(=O)N(C(=O)O)C(C)(C)C)cc2)[C@H]1c1nc(C2CC2)c(C2CC2)o1. The number of rotatable bonds is 6. The Kier molecular flexibility index (Phi) is 4.81. The van der Waals surface area contributed by atoms with Crippen LogP contribution in [0.1, 0.15) is 107 Å². The first-order chi connectivity index (χ1) is 15.3. The van der Waals surface area contributed by atoms with E-state index in [2.05, 4.69) is 13.8 Å². The first-order valence-corrected chi connectivity index (χ1v) is 13.2. The summed E-state index contributed by atoms with van der Waals surface area (Å²) in [6.45, 7) is 9.07. The number of oxazole rings is 1. The van der Waals surface area contributed by atoms with Crippen LogP contribution in [0.2, 0.25) is 0 Å². The van der Waals surface area contributed by atoms with E-state index in [1.165, 1.54) is 43.5 Å². The largest absolute Gasteiger partial charge is 0.464 e. The third kappa shape index (κ3) is 3.76. The van der Waals surface area contributed by atoms with Crippen molar-refractivity contribution in [1.29, 1.82) is 0 Å². The number of hydrogen-bond donors (Lipinski definition) is 1. The molecule has 1 amide bonds. The van der Waals surface area contributed by atoms with Crippen LogP contribution in [0.4, 0.5) is 4.79 Å². The number of amides is 1. The minimum Gasteiger partial charge on any atom is -0.464 e. The van der Waals surface area contributed by atoms with Gasteiger partial charge in [0, 0.05) is 23.7 Å². The van der Waals surface area contributed by atoms with E-state index < -0.39 is 21.7 Å². The number of aromatic nitrogens is 1. The van der Waals surface area contributed by atoms with Crippen LogP contribution >= 0.6 is 0 Å². The molecular weight excluding hydrogens is 440 g/mol. The molecular formula is C25H32N2O5S. The molecule has 1 heterocycles. The molecule has 3 saturated carbocycles. The maximum atomic E-state index is 13.0. The van der Waals surface area contributed by atoms with Gasteiger partial charge in [0.05, 0.1) is 16.1 Å². The van der Waals surface area contributed by atoms with Crippen molar-refractivity contribution < 1.29 is 22.7 Å². The maximum Gasteiger partial charge on any atom is 0.421 e. The fourth-order valence-corrected chi connectivity index (χ4v) is 6.82. The third-order valence-corrected chi connectivity index (χ3v) is 9.32. The van der Waals surface area contributed by atoms with Crippen molar-refractivity contribution in [1.82, 2.24) is 9.29 Å². The molecule has 2 atom stereocenters. The van der Waals surface area contributed by atoms with E-state index in [0.29, 0.717) is 16.1 Å². The minimum absolute atomic E-state index is 0.0262. The van der Waals surface area contributed by atoms with Crippen molar-refractivity contribution in [2.45, 2.75) is 94.4 Å². The van der Waals surface area contributed by atoms with E-state index >= 15 is 0 Å². The highest BCUT2D eigenvalue weighted by Crippen LogP contribution is 2.70. The van der Waals surface area contributed by atoms with Gasteiger partial charge in [-0.25, -0.2) is 18.2 Å². The molecule has 0 bridgehead atoms. The molecule has 1 aromatic heterocycles. The number of hydrogen-bond acceptors (Lipinski definition) is 5. The Morgan fingerprint density at radius 3 is 2.12 bits per heavy atom. The molecule has 3 fully saturated rings. The normalized spacial score (nSPS) is 24.5. The number of carboxylic acid groups (broad SMARTS) is 1.